The van der Waals surface area contributed by atoms with E-state index in [9.17, 15) is 9.90 Å². The van der Waals surface area contributed by atoms with Crippen LogP contribution >= 0.6 is 0 Å². The van der Waals surface area contributed by atoms with E-state index in [-0.39, 0.29) is 5.92 Å². The molecule has 1 N–H and O–H groups in total. The Morgan fingerprint density at radius 1 is 1.32 bits per heavy atom. The maximum atomic E-state index is 11.6. The first kappa shape index (κ1) is 12.7. The van der Waals surface area contributed by atoms with Gasteiger partial charge in [0, 0.05) is 25.4 Å². The van der Waals surface area contributed by atoms with Crippen LogP contribution in [-0.4, -0.2) is 45.7 Å². The SMILES string of the molecule is CN1CCCC(c2nc3n(c2C(=O)O)CCCC3)C1. The van der Waals surface area contributed by atoms with Crippen molar-refractivity contribution in [2.45, 2.75) is 44.6 Å². The van der Waals surface area contributed by atoms with Crippen LogP contribution in [0.3, 0.4) is 0 Å². The van der Waals surface area contributed by atoms with Gasteiger partial charge >= 0.3 is 5.97 Å². The number of likely N-dealkylation sites (tertiary alicyclic amines) is 1. The highest BCUT2D eigenvalue weighted by Gasteiger charge is 2.30. The smallest absolute Gasteiger partial charge is 0.354 e. The van der Waals surface area contributed by atoms with Gasteiger partial charge in [-0.3, -0.25) is 0 Å². The van der Waals surface area contributed by atoms with Gasteiger partial charge in [-0.2, -0.15) is 0 Å². The minimum absolute atomic E-state index is 0.281. The number of rotatable bonds is 2. The molecule has 3 rings (SSSR count). The van der Waals surface area contributed by atoms with Crippen molar-refractivity contribution in [2.24, 2.45) is 0 Å². The quantitative estimate of drug-likeness (QED) is 0.882. The predicted octanol–water partition coefficient (Wildman–Crippen LogP) is 1.73. The predicted molar refractivity (Wildman–Crippen MR) is 71.6 cm³/mol. The Balaban J connectivity index is 2.00. The van der Waals surface area contributed by atoms with Crippen LogP contribution in [-0.2, 0) is 13.0 Å². The number of hydrogen-bond acceptors (Lipinski definition) is 3. The van der Waals surface area contributed by atoms with Crippen LogP contribution in [0.15, 0.2) is 0 Å². The molecule has 0 aromatic carbocycles. The fourth-order valence-corrected chi connectivity index (χ4v) is 3.40. The summed E-state index contributed by atoms with van der Waals surface area (Å²) in [7, 11) is 2.10. The van der Waals surface area contributed by atoms with Crippen LogP contribution < -0.4 is 0 Å². The monoisotopic (exact) mass is 263 g/mol. The van der Waals surface area contributed by atoms with E-state index < -0.39 is 5.97 Å². The molecule has 0 amide bonds. The Hall–Kier alpha value is -1.36. The third kappa shape index (κ3) is 2.27. The first-order chi connectivity index (χ1) is 9.16. The van der Waals surface area contributed by atoms with Gasteiger partial charge in [0.15, 0.2) is 5.69 Å². The Morgan fingerprint density at radius 3 is 2.89 bits per heavy atom. The summed E-state index contributed by atoms with van der Waals surface area (Å²) in [5.74, 6) is 0.443. The number of aromatic carboxylic acids is 1. The molecule has 1 aromatic heterocycles. The molecule has 0 radical (unpaired) electrons. The lowest BCUT2D eigenvalue weighted by Crippen LogP contribution is -2.31. The summed E-state index contributed by atoms with van der Waals surface area (Å²) in [4.78, 5) is 18.6. The molecular formula is C14H21N3O2. The molecule has 0 aliphatic carbocycles. The first-order valence-corrected chi connectivity index (χ1v) is 7.18. The van der Waals surface area contributed by atoms with E-state index in [2.05, 4.69) is 16.9 Å². The van der Waals surface area contributed by atoms with Gasteiger partial charge in [-0.25, -0.2) is 9.78 Å². The van der Waals surface area contributed by atoms with Gasteiger partial charge in [0.25, 0.3) is 0 Å². The second kappa shape index (κ2) is 4.96. The summed E-state index contributed by atoms with van der Waals surface area (Å²) in [6.07, 6.45) is 5.29. The lowest BCUT2D eigenvalue weighted by atomic mass is 9.94. The molecule has 0 bridgehead atoms. The molecule has 2 aliphatic rings. The van der Waals surface area contributed by atoms with E-state index in [1.807, 2.05) is 4.57 Å². The van der Waals surface area contributed by atoms with Gasteiger partial charge in [-0.15, -0.1) is 0 Å². The standard InChI is InChI=1S/C14H21N3O2/c1-16-7-4-5-10(9-16)12-13(14(18)19)17-8-3-2-6-11(17)15-12/h10H,2-9H2,1H3,(H,18,19). The van der Waals surface area contributed by atoms with Crippen molar-refractivity contribution in [3.05, 3.63) is 17.2 Å². The number of fused-ring (bicyclic) bond motifs is 1. The Labute approximate surface area is 113 Å². The van der Waals surface area contributed by atoms with Gasteiger partial charge in [-0.05, 0) is 39.3 Å². The summed E-state index contributed by atoms with van der Waals surface area (Å²) >= 11 is 0. The molecule has 2 aliphatic heterocycles. The van der Waals surface area contributed by atoms with Gasteiger partial charge in [0.05, 0.1) is 5.69 Å². The number of likely N-dealkylation sites (N-methyl/N-ethyl adjacent to an activating group) is 1. The van der Waals surface area contributed by atoms with Crippen LogP contribution in [0.5, 0.6) is 0 Å². The molecule has 0 saturated carbocycles. The number of imidazole rings is 1. The van der Waals surface area contributed by atoms with Crippen molar-refractivity contribution in [2.75, 3.05) is 20.1 Å². The van der Waals surface area contributed by atoms with Crippen molar-refractivity contribution in [3.8, 4) is 0 Å². The van der Waals surface area contributed by atoms with Crippen molar-refractivity contribution < 1.29 is 9.90 Å². The molecule has 3 heterocycles. The zero-order chi connectivity index (χ0) is 13.4. The van der Waals surface area contributed by atoms with Crippen molar-refractivity contribution in [1.29, 1.82) is 0 Å². The maximum Gasteiger partial charge on any atom is 0.354 e. The molecule has 5 nitrogen and oxygen atoms in total. The number of carboxylic acid groups (broad SMARTS) is 1. The van der Waals surface area contributed by atoms with E-state index in [0.29, 0.717) is 5.69 Å². The third-order valence-electron chi connectivity index (χ3n) is 4.32. The summed E-state index contributed by atoms with van der Waals surface area (Å²) in [5.41, 5.74) is 1.28. The van der Waals surface area contributed by atoms with E-state index >= 15 is 0 Å². The highest BCUT2D eigenvalue weighted by atomic mass is 16.4. The maximum absolute atomic E-state index is 11.6. The fraction of sp³-hybridized carbons (Fsp3) is 0.714. The number of carboxylic acids is 1. The van der Waals surface area contributed by atoms with Crippen LogP contribution in [0.2, 0.25) is 0 Å². The highest BCUT2D eigenvalue weighted by molar-refractivity contribution is 5.87. The lowest BCUT2D eigenvalue weighted by molar-refractivity contribution is 0.0681. The second-order valence-electron chi connectivity index (χ2n) is 5.78. The Morgan fingerprint density at radius 2 is 2.16 bits per heavy atom. The molecular weight excluding hydrogens is 242 g/mol. The van der Waals surface area contributed by atoms with Gasteiger partial charge < -0.3 is 14.6 Å². The fourth-order valence-electron chi connectivity index (χ4n) is 3.40. The molecule has 0 spiro atoms. The summed E-state index contributed by atoms with van der Waals surface area (Å²) in [5, 5.41) is 9.53. The summed E-state index contributed by atoms with van der Waals surface area (Å²) < 4.78 is 1.94. The average Bonchev–Trinajstić information content (AvgIpc) is 2.78. The number of piperidine rings is 1. The van der Waals surface area contributed by atoms with E-state index in [1.54, 1.807) is 0 Å². The molecule has 19 heavy (non-hydrogen) atoms. The molecule has 5 heteroatoms. The second-order valence-corrected chi connectivity index (χ2v) is 5.78. The average molecular weight is 263 g/mol. The van der Waals surface area contributed by atoms with Crippen molar-refractivity contribution in [1.82, 2.24) is 14.5 Å². The zero-order valence-electron chi connectivity index (χ0n) is 11.4. The minimum atomic E-state index is -0.816. The van der Waals surface area contributed by atoms with Crippen LogP contribution in [0, 0.1) is 0 Å². The minimum Gasteiger partial charge on any atom is -0.477 e. The van der Waals surface area contributed by atoms with Gasteiger partial charge in [-0.1, -0.05) is 0 Å². The largest absolute Gasteiger partial charge is 0.477 e. The van der Waals surface area contributed by atoms with Crippen LogP contribution in [0.4, 0.5) is 0 Å². The van der Waals surface area contributed by atoms with E-state index in [0.717, 1.165) is 63.3 Å². The number of hydrogen-bond donors (Lipinski definition) is 1. The number of aryl methyl sites for hydroxylation is 1. The van der Waals surface area contributed by atoms with Crippen molar-refractivity contribution >= 4 is 5.97 Å². The molecule has 1 fully saturated rings. The number of nitrogens with zero attached hydrogens (tertiary/aromatic N) is 3. The third-order valence-corrected chi connectivity index (χ3v) is 4.32. The molecule has 1 aromatic rings. The lowest BCUT2D eigenvalue weighted by Gasteiger charge is -2.29. The van der Waals surface area contributed by atoms with Gasteiger partial charge in [0.2, 0.25) is 0 Å². The Kier molecular flexibility index (Phi) is 3.31. The van der Waals surface area contributed by atoms with Crippen molar-refractivity contribution in [3.63, 3.8) is 0 Å². The normalized spacial score (nSPS) is 24.2. The molecule has 1 saturated heterocycles. The molecule has 1 atom stereocenters. The van der Waals surface area contributed by atoms with E-state index in [4.69, 9.17) is 0 Å². The summed E-state index contributed by atoms with van der Waals surface area (Å²) in [6.45, 7) is 2.84. The Bertz CT molecular complexity index is 495. The highest BCUT2D eigenvalue weighted by Crippen LogP contribution is 2.30. The van der Waals surface area contributed by atoms with Crippen LogP contribution in [0.1, 0.15) is 53.6 Å². The first-order valence-electron chi connectivity index (χ1n) is 7.18. The number of carbonyl (C=O) groups is 1. The van der Waals surface area contributed by atoms with Gasteiger partial charge in [0.1, 0.15) is 5.82 Å². The summed E-state index contributed by atoms with van der Waals surface area (Å²) in [6, 6.07) is 0. The number of aromatic nitrogens is 2. The van der Waals surface area contributed by atoms with Crippen LogP contribution in [0.25, 0.3) is 0 Å². The van der Waals surface area contributed by atoms with E-state index in [1.165, 1.54) is 0 Å². The molecule has 1 unspecified atom stereocenters. The topological polar surface area (TPSA) is 58.4 Å². The molecule has 104 valence electrons. The zero-order valence-corrected chi connectivity index (χ0v) is 11.4.